The summed E-state index contributed by atoms with van der Waals surface area (Å²) in [6, 6.07) is 8.33. The minimum absolute atomic E-state index is 0.378. The van der Waals surface area contributed by atoms with Crippen LogP contribution in [-0.2, 0) is 0 Å². The van der Waals surface area contributed by atoms with Gasteiger partial charge in [-0.05, 0) is 26.0 Å². The zero-order chi connectivity index (χ0) is 14.8. The number of nitrogens with one attached hydrogen (secondary N) is 1. The van der Waals surface area contributed by atoms with Crippen molar-refractivity contribution in [1.82, 2.24) is 15.2 Å². The van der Waals surface area contributed by atoms with Crippen molar-refractivity contribution in [2.24, 2.45) is 0 Å². The van der Waals surface area contributed by atoms with E-state index in [1.807, 2.05) is 18.2 Å². The van der Waals surface area contributed by atoms with Gasteiger partial charge in [0, 0.05) is 41.6 Å². The van der Waals surface area contributed by atoms with Crippen LogP contribution in [0.25, 0.3) is 11.3 Å². The molecule has 5 heteroatoms. The standard InChI is InChI=1S/C16H20ClN3S/c1-11(20-8-6-18-7-9-20)16-19-15(12(2)21-16)13-4-3-5-14(17)10-13/h3-5,10-11,18H,6-9H2,1-2H3. The molecule has 2 heterocycles. The lowest BCUT2D eigenvalue weighted by Crippen LogP contribution is -2.44. The molecule has 3 nitrogen and oxygen atoms in total. The normalized spacial score (nSPS) is 17.9. The molecule has 0 spiro atoms. The predicted octanol–water partition coefficient (Wildman–Crippen LogP) is 3.74. The van der Waals surface area contributed by atoms with Crippen molar-refractivity contribution < 1.29 is 0 Å². The summed E-state index contributed by atoms with van der Waals surface area (Å²) in [5, 5.41) is 5.36. The van der Waals surface area contributed by atoms with Crippen LogP contribution in [0, 0.1) is 6.92 Å². The van der Waals surface area contributed by atoms with E-state index >= 15 is 0 Å². The van der Waals surface area contributed by atoms with E-state index in [-0.39, 0.29) is 0 Å². The Morgan fingerprint density at radius 2 is 2.10 bits per heavy atom. The number of aromatic nitrogens is 1. The molecule has 112 valence electrons. The van der Waals surface area contributed by atoms with Gasteiger partial charge in [0.2, 0.25) is 0 Å². The molecule has 1 aromatic heterocycles. The van der Waals surface area contributed by atoms with E-state index in [4.69, 9.17) is 16.6 Å². The number of hydrogen-bond acceptors (Lipinski definition) is 4. The van der Waals surface area contributed by atoms with Gasteiger partial charge in [-0.1, -0.05) is 23.7 Å². The van der Waals surface area contributed by atoms with Crippen LogP contribution >= 0.6 is 22.9 Å². The van der Waals surface area contributed by atoms with Crippen molar-refractivity contribution in [3.8, 4) is 11.3 Å². The third-order valence-electron chi connectivity index (χ3n) is 3.97. The van der Waals surface area contributed by atoms with Crippen LogP contribution in [0.5, 0.6) is 0 Å². The molecule has 1 fully saturated rings. The number of rotatable bonds is 3. The SMILES string of the molecule is Cc1sc(C(C)N2CCNCC2)nc1-c1cccc(Cl)c1. The fourth-order valence-electron chi connectivity index (χ4n) is 2.72. The zero-order valence-corrected chi connectivity index (χ0v) is 14.0. The van der Waals surface area contributed by atoms with Gasteiger partial charge < -0.3 is 5.32 Å². The fraction of sp³-hybridized carbons (Fsp3) is 0.438. The monoisotopic (exact) mass is 321 g/mol. The van der Waals surface area contributed by atoms with E-state index in [0.717, 1.165) is 42.5 Å². The van der Waals surface area contributed by atoms with E-state index in [9.17, 15) is 0 Å². The molecule has 0 radical (unpaired) electrons. The molecule has 0 amide bonds. The molecular formula is C16H20ClN3S. The van der Waals surface area contributed by atoms with Crippen LogP contribution in [0.2, 0.25) is 5.02 Å². The zero-order valence-electron chi connectivity index (χ0n) is 12.4. The summed E-state index contributed by atoms with van der Waals surface area (Å²) < 4.78 is 0. The van der Waals surface area contributed by atoms with Gasteiger partial charge in [0.15, 0.2) is 0 Å². The first-order valence-electron chi connectivity index (χ1n) is 7.33. The molecule has 2 aromatic rings. The van der Waals surface area contributed by atoms with Gasteiger partial charge in [0.05, 0.1) is 11.7 Å². The number of benzene rings is 1. The number of aryl methyl sites for hydroxylation is 1. The molecule has 1 aliphatic heterocycles. The maximum atomic E-state index is 6.10. The highest BCUT2D eigenvalue weighted by Gasteiger charge is 2.22. The molecule has 21 heavy (non-hydrogen) atoms. The first kappa shape index (κ1) is 15.0. The van der Waals surface area contributed by atoms with E-state index < -0.39 is 0 Å². The molecule has 1 N–H and O–H groups in total. The van der Waals surface area contributed by atoms with Gasteiger partial charge >= 0.3 is 0 Å². The number of thiazole rings is 1. The van der Waals surface area contributed by atoms with E-state index in [2.05, 4.69) is 30.1 Å². The predicted molar refractivity (Wildman–Crippen MR) is 90.2 cm³/mol. The van der Waals surface area contributed by atoms with Crippen LogP contribution in [0.4, 0.5) is 0 Å². The molecule has 0 bridgehead atoms. The summed E-state index contributed by atoms with van der Waals surface area (Å²) in [5.74, 6) is 0. The Kier molecular flexibility index (Phi) is 4.60. The van der Waals surface area contributed by atoms with Crippen LogP contribution in [0.3, 0.4) is 0 Å². The summed E-state index contributed by atoms with van der Waals surface area (Å²) in [6.45, 7) is 8.71. The highest BCUT2D eigenvalue weighted by molar-refractivity contribution is 7.12. The Labute approximate surface area is 135 Å². The van der Waals surface area contributed by atoms with Crippen molar-refractivity contribution in [1.29, 1.82) is 0 Å². The van der Waals surface area contributed by atoms with Crippen LogP contribution in [0.15, 0.2) is 24.3 Å². The molecule has 0 saturated carbocycles. The quantitative estimate of drug-likeness (QED) is 0.933. The van der Waals surface area contributed by atoms with Crippen LogP contribution in [0.1, 0.15) is 22.9 Å². The highest BCUT2D eigenvalue weighted by atomic mass is 35.5. The molecule has 1 saturated heterocycles. The molecule has 0 aliphatic carbocycles. The van der Waals surface area contributed by atoms with E-state index in [0.29, 0.717) is 6.04 Å². The van der Waals surface area contributed by atoms with Crippen molar-refractivity contribution in [2.45, 2.75) is 19.9 Å². The smallest absolute Gasteiger partial charge is 0.110 e. The summed E-state index contributed by atoms with van der Waals surface area (Å²) in [5.41, 5.74) is 2.18. The van der Waals surface area contributed by atoms with Crippen molar-refractivity contribution in [3.05, 3.63) is 39.2 Å². The van der Waals surface area contributed by atoms with Gasteiger partial charge in [-0.25, -0.2) is 4.98 Å². The number of halogens is 1. The third-order valence-corrected chi connectivity index (χ3v) is 5.34. The Morgan fingerprint density at radius 3 is 2.81 bits per heavy atom. The first-order chi connectivity index (χ1) is 10.1. The lowest BCUT2D eigenvalue weighted by molar-refractivity contribution is 0.185. The van der Waals surface area contributed by atoms with Crippen LogP contribution < -0.4 is 5.32 Å². The minimum Gasteiger partial charge on any atom is -0.314 e. The lowest BCUT2D eigenvalue weighted by Gasteiger charge is -2.31. The molecule has 1 atom stereocenters. The molecule has 1 aromatic carbocycles. The maximum absolute atomic E-state index is 6.10. The molecular weight excluding hydrogens is 302 g/mol. The van der Waals surface area contributed by atoms with Gasteiger partial charge in [-0.3, -0.25) is 4.90 Å². The van der Waals surface area contributed by atoms with Crippen LogP contribution in [-0.4, -0.2) is 36.1 Å². The van der Waals surface area contributed by atoms with Gasteiger partial charge in [0.1, 0.15) is 5.01 Å². The van der Waals surface area contributed by atoms with Crippen molar-refractivity contribution >= 4 is 22.9 Å². The summed E-state index contributed by atoms with van der Waals surface area (Å²) in [4.78, 5) is 8.65. The topological polar surface area (TPSA) is 28.2 Å². The Bertz CT molecular complexity index is 620. The second-order valence-electron chi connectivity index (χ2n) is 5.43. The Hall–Kier alpha value is -0.940. The maximum Gasteiger partial charge on any atom is 0.110 e. The van der Waals surface area contributed by atoms with Gasteiger partial charge in [0.25, 0.3) is 0 Å². The third kappa shape index (κ3) is 3.29. The molecule has 3 rings (SSSR count). The Balaban J connectivity index is 1.87. The second-order valence-corrected chi connectivity index (χ2v) is 7.10. The molecule has 1 aliphatic rings. The second kappa shape index (κ2) is 6.44. The highest BCUT2D eigenvalue weighted by Crippen LogP contribution is 2.33. The van der Waals surface area contributed by atoms with Crippen molar-refractivity contribution in [2.75, 3.05) is 26.2 Å². The summed E-state index contributed by atoms with van der Waals surface area (Å²) in [7, 11) is 0. The minimum atomic E-state index is 0.378. The van der Waals surface area contributed by atoms with Gasteiger partial charge in [-0.15, -0.1) is 11.3 Å². The van der Waals surface area contributed by atoms with Crippen molar-refractivity contribution in [3.63, 3.8) is 0 Å². The average molecular weight is 322 g/mol. The first-order valence-corrected chi connectivity index (χ1v) is 8.52. The molecule has 1 unspecified atom stereocenters. The number of hydrogen-bond donors (Lipinski definition) is 1. The fourth-order valence-corrected chi connectivity index (χ4v) is 3.95. The Morgan fingerprint density at radius 1 is 1.33 bits per heavy atom. The van der Waals surface area contributed by atoms with E-state index in [1.165, 1.54) is 9.88 Å². The van der Waals surface area contributed by atoms with E-state index in [1.54, 1.807) is 11.3 Å². The summed E-state index contributed by atoms with van der Waals surface area (Å²) >= 11 is 7.90. The van der Waals surface area contributed by atoms with Gasteiger partial charge in [-0.2, -0.15) is 0 Å². The lowest BCUT2D eigenvalue weighted by atomic mass is 10.1. The largest absolute Gasteiger partial charge is 0.314 e. The average Bonchev–Trinajstić information content (AvgIpc) is 2.89. The number of nitrogens with zero attached hydrogens (tertiary/aromatic N) is 2. The summed E-state index contributed by atoms with van der Waals surface area (Å²) in [6.07, 6.45) is 0. The number of piperazine rings is 1.